The van der Waals surface area contributed by atoms with Crippen molar-refractivity contribution in [3.63, 3.8) is 0 Å². The van der Waals surface area contributed by atoms with Gasteiger partial charge in [-0.25, -0.2) is 0 Å². The van der Waals surface area contributed by atoms with Crippen LogP contribution in [-0.2, 0) is 0 Å². The molecule has 3 atom stereocenters. The summed E-state index contributed by atoms with van der Waals surface area (Å²) in [5.41, 5.74) is 0. The minimum atomic E-state index is 0.857. The highest BCUT2D eigenvalue weighted by atomic mass is 14.9. The molecule has 1 fully saturated rings. The fraction of sp³-hybridized carbons (Fsp3) is 1.00. The molecule has 0 saturated carbocycles. The van der Waals surface area contributed by atoms with Crippen molar-refractivity contribution < 1.29 is 0 Å². The van der Waals surface area contributed by atoms with Crippen molar-refractivity contribution in [3.8, 4) is 0 Å². The zero-order valence-electron chi connectivity index (χ0n) is 9.64. The zero-order valence-corrected chi connectivity index (χ0v) is 9.64. The van der Waals surface area contributed by atoms with Crippen LogP contribution < -0.4 is 5.32 Å². The summed E-state index contributed by atoms with van der Waals surface area (Å²) in [5, 5.41) is 3.53. The molecule has 3 unspecified atom stereocenters. The minimum absolute atomic E-state index is 0.857. The smallest absolute Gasteiger partial charge is 0.00230 e. The van der Waals surface area contributed by atoms with Crippen molar-refractivity contribution in [1.29, 1.82) is 0 Å². The maximum absolute atomic E-state index is 3.53. The number of hydrogen-bond donors (Lipinski definition) is 1. The van der Waals surface area contributed by atoms with E-state index in [1.165, 1.54) is 25.9 Å². The third-order valence-electron chi connectivity index (χ3n) is 3.53. The second kappa shape index (κ2) is 4.99. The quantitative estimate of drug-likeness (QED) is 0.659. The molecule has 1 N–H and O–H groups in total. The first-order valence-electron chi connectivity index (χ1n) is 5.82. The summed E-state index contributed by atoms with van der Waals surface area (Å²) in [6, 6.07) is 0. The summed E-state index contributed by atoms with van der Waals surface area (Å²) in [5.74, 6) is 3.55. The van der Waals surface area contributed by atoms with Crippen LogP contribution in [0.25, 0.3) is 0 Å². The minimum Gasteiger partial charge on any atom is -0.316 e. The summed E-state index contributed by atoms with van der Waals surface area (Å²) >= 11 is 0. The van der Waals surface area contributed by atoms with Crippen LogP contribution >= 0.6 is 0 Å². The van der Waals surface area contributed by atoms with Gasteiger partial charge in [0.15, 0.2) is 0 Å². The predicted molar refractivity (Wildman–Crippen MR) is 58.8 cm³/mol. The van der Waals surface area contributed by atoms with Crippen LogP contribution in [0.4, 0.5) is 0 Å². The van der Waals surface area contributed by atoms with Crippen molar-refractivity contribution in [2.75, 3.05) is 13.1 Å². The van der Waals surface area contributed by atoms with E-state index in [2.05, 4.69) is 33.0 Å². The molecule has 0 aromatic carbocycles. The van der Waals surface area contributed by atoms with Crippen LogP contribution in [0.15, 0.2) is 0 Å². The molecule has 1 rings (SSSR count). The van der Waals surface area contributed by atoms with E-state index in [9.17, 15) is 0 Å². The lowest BCUT2D eigenvalue weighted by Crippen LogP contribution is -2.32. The highest BCUT2D eigenvalue weighted by Crippen LogP contribution is 2.30. The third-order valence-corrected chi connectivity index (χ3v) is 3.53. The van der Waals surface area contributed by atoms with E-state index in [0.717, 1.165) is 23.7 Å². The topological polar surface area (TPSA) is 12.0 Å². The molecule has 1 heterocycles. The van der Waals surface area contributed by atoms with Gasteiger partial charge in [0.2, 0.25) is 0 Å². The van der Waals surface area contributed by atoms with Gasteiger partial charge in [-0.05, 0) is 49.6 Å². The largest absolute Gasteiger partial charge is 0.316 e. The van der Waals surface area contributed by atoms with Gasteiger partial charge in [0.05, 0.1) is 0 Å². The molecule has 13 heavy (non-hydrogen) atoms. The van der Waals surface area contributed by atoms with Crippen LogP contribution in [0.2, 0.25) is 0 Å². The van der Waals surface area contributed by atoms with Crippen LogP contribution in [-0.4, -0.2) is 13.1 Å². The number of rotatable bonds is 1. The van der Waals surface area contributed by atoms with Gasteiger partial charge in [0, 0.05) is 0 Å². The molecule has 0 aromatic heterocycles. The molecule has 0 spiro atoms. The Morgan fingerprint density at radius 2 is 1.92 bits per heavy atom. The Balaban J connectivity index is 2.53. The monoisotopic (exact) mass is 183 g/mol. The molecule has 0 radical (unpaired) electrons. The van der Waals surface area contributed by atoms with E-state index < -0.39 is 0 Å². The van der Waals surface area contributed by atoms with E-state index in [-0.39, 0.29) is 0 Å². The maximum atomic E-state index is 3.53. The van der Waals surface area contributed by atoms with Gasteiger partial charge >= 0.3 is 0 Å². The van der Waals surface area contributed by atoms with Crippen LogP contribution in [0.1, 0.15) is 40.5 Å². The Morgan fingerprint density at radius 3 is 2.54 bits per heavy atom. The second-order valence-electron chi connectivity index (χ2n) is 5.22. The summed E-state index contributed by atoms with van der Waals surface area (Å²) in [6.07, 6.45) is 2.77. The van der Waals surface area contributed by atoms with Gasteiger partial charge in [-0.2, -0.15) is 0 Å². The van der Waals surface area contributed by atoms with Crippen molar-refractivity contribution in [1.82, 2.24) is 5.32 Å². The lowest BCUT2D eigenvalue weighted by Gasteiger charge is -2.32. The Kier molecular flexibility index (Phi) is 4.24. The van der Waals surface area contributed by atoms with Gasteiger partial charge in [0.25, 0.3) is 0 Å². The summed E-state index contributed by atoms with van der Waals surface area (Å²) in [6.45, 7) is 12.0. The van der Waals surface area contributed by atoms with Gasteiger partial charge in [-0.15, -0.1) is 0 Å². The number of hydrogen-bond acceptors (Lipinski definition) is 1. The fourth-order valence-electron chi connectivity index (χ4n) is 2.60. The second-order valence-corrected chi connectivity index (χ2v) is 5.22. The highest BCUT2D eigenvalue weighted by Gasteiger charge is 2.24. The molecular weight excluding hydrogens is 158 g/mol. The normalized spacial score (nSPS) is 37.2. The van der Waals surface area contributed by atoms with Crippen LogP contribution in [0.3, 0.4) is 0 Å². The van der Waals surface area contributed by atoms with E-state index in [0.29, 0.717) is 0 Å². The standard InChI is InChI=1S/C12H25N/c1-9(2)12-7-10(3)8-13-6-5-11(12)4/h9-13H,5-8H2,1-4H3. The molecule has 1 nitrogen and oxygen atoms in total. The first-order valence-corrected chi connectivity index (χ1v) is 5.82. The first-order chi connectivity index (χ1) is 6.11. The summed E-state index contributed by atoms with van der Waals surface area (Å²) in [7, 11) is 0. The molecule has 78 valence electrons. The Hall–Kier alpha value is -0.0400. The third kappa shape index (κ3) is 3.30. The number of nitrogens with one attached hydrogen (secondary N) is 1. The molecule has 1 saturated heterocycles. The predicted octanol–water partition coefficient (Wildman–Crippen LogP) is 2.91. The SMILES string of the molecule is CC1CNCCC(C)C(C(C)C)C1. The lowest BCUT2D eigenvalue weighted by molar-refractivity contribution is 0.193. The van der Waals surface area contributed by atoms with Crippen LogP contribution in [0, 0.1) is 23.7 Å². The summed E-state index contributed by atoms with van der Waals surface area (Å²) < 4.78 is 0. The Labute approximate surface area is 83.3 Å². The van der Waals surface area contributed by atoms with E-state index in [1.807, 2.05) is 0 Å². The summed E-state index contributed by atoms with van der Waals surface area (Å²) in [4.78, 5) is 0. The molecule has 1 aliphatic heterocycles. The molecule has 0 aromatic rings. The average molecular weight is 183 g/mol. The Bertz CT molecular complexity index is 142. The van der Waals surface area contributed by atoms with Gasteiger partial charge in [0.1, 0.15) is 0 Å². The van der Waals surface area contributed by atoms with E-state index >= 15 is 0 Å². The lowest BCUT2D eigenvalue weighted by atomic mass is 9.76. The molecule has 0 amide bonds. The fourth-order valence-corrected chi connectivity index (χ4v) is 2.60. The molecule has 0 aliphatic carbocycles. The highest BCUT2D eigenvalue weighted by molar-refractivity contribution is 4.76. The Morgan fingerprint density at radius 1 is 1.23 bits per heavy atom. The molecule has 1 aliphatic rings. The van der Waals surface area contributed by atoms with Crippen molar-refractivity contribution in [2.45, 2.75) is 40.5 Å². The van der Waals surface area contributed by atoms with Gasteiger partial charge in [-0.3, -0.25) is 0 Å². The van der Waals surface area contributed by atoms with Crippen molar-refractivity contribution in [3.05, 3.63) is 0 Å². The molecular formula is C12H25N. The first kappa shape index (κ1) is 11.0. The van der Waals surface area contributed by atoms with Crippen LogP contribution in [0.5, 0.6) is 0 Å². The zero-order chi connectivity index (χ0) is 9.84. The van der Waals surface area contributed by atoms with Gasteiger partial charge in [-0.1, -0.05) is 27.7 Å². The van der Waals surface area contributed by atoms with Crippen molar-refractivity contribution >= 4 is 0 Å². The van der Waals surface area contributed by atoms with Crippen molar-refractivity contribution in [2.24, 2.45) is 23.7 Å². The average Bonchev–Trinajstić information content (AvgIpc) is 2.04. The molecule has 1 heteroatoms. The van der Waals surface area contributed by atoms with E-state index in [4.69, 9.17) is 0 Å². The van der Waals surface area contributed by atoms with Gasteiger partial charge < -0.3 is 5.32 Å². The van der Waals surface area contributed by atoms with E-state index in [1.54, 1.807) is 0 Å². The maximum Gasteiger partial charge on any atom is -0.00230 e. The molecule has 0 bridgehead atoms.